The lowest BCUT2D eigenvalue weighted by atomic mass is 10.1. The van der Waals surface area contributed by atoms with E-state index >= 15 is 0 Å². The van der Waals surface area contributed by atoms with E-state index in [0.717, 1.165) is 5.56 Å². The molecule has 0 aliphatic carbocycles. The molecule has 2 aromatic carbocycles. The number of benzene rings is 2. The SMILES string of the molecule is N#Cc1cccc(OC(CN)c2cccc(Cl)c2)c1. The maximum absolute atomic E-state index is 8.86. The molecule has 0 amide bonds. The van der Waals surface area contributed by atoms with Crippen LogP contribution in [0.4, 0.5) is 0 Å². The van der Waals surface area contributed by atoms with E-state index in [-0.39, 0.29) is 6.10 Å². The second kappa shape index (κ2) is 6.24. The zero-order chi connectivity index (χ0) is 13.7. The standard InChI is InChI=1S/C15H13ClN2O/c16-13-5-2-4-12(8-13)15(10-18)19-14-6-1-3-11(7-14)9-17/h1-8,15H,10,18H2. The van der Waals surface area contributed by atoms with Crippen LogP contribution in [0.15, 0.2) is 48.5 Å². The molecule has 1 atom stereocenters. The molecule has 0 saturated carbocycles. The van der Waals surface area contributed by atoms with Crippen LogP contribution >= 0.6 is 11.6 Å². The monoisotopic (exact) mass is 272 g/mol. The van der Waals surface area contributed by atoms with Gasteiger partial charge in [0.25, 0.3) is 0 Å². The summed E-state index contributed by atoms with van der Waals surface area (Å²) in [6.45, 7) is 0.330. The van der Waals surface area contributed by atoms with Crippen LogP contribution in [0.1, 0.15) is 17.2 Å². The molecule has 0 saturated heterocycles. The van der Waals surface area contributed by atoms with E-state index < -0.39 is 0 Å². The maximum Gasteiger partial charge on any atom is 0.136 e. The molecule has 0 fully saturated rings. The number of nitriles is 1. The second-order valence-electron chi connectivity index (χ2n) is 4.04. The van der Waals surface area contributed by atoms with Crippen molar-refractivity contribution >= 4 is 11.6 Å². The van der Waals surface area contributed by atoms with Crippen molar-refractivity contribution in [2.45, 2.75) is 6.10 Å². The Morgan fingerprint density at radius 1 is 1.21 bits per heavy atom. The van der Waals surface area contributed by atoms with E-state index in [4.69, 9.17) is 27.3 Å². The molecule has 0 spiro atoms. The quantitative estimate of drug-likeness (QED) is 0.929. The van der Waals surface area contributed by atoms with Gasteiger partial charge in [0.15, 0.2) is 0 Å². The van der Waals surface area contributed by atoms with E-state index in [1.807, 2.05) is 18.2 Å². The minimum absolute atomic E-state index is 0.285. The van der Waals surface area contributed by atoms with Crippen molar-refractivity contribution in [2.75, 3.05) is 6.54 Å². The molecule has 3 nitrogen and oxygen atoms in total. The number of ether oxygens (including phenoxy) is 1. The van der Waals surface area contributed by atoms with E-state index in [9.17, 15) is 0 Å². The Kier molecular flexibility index (Phi) is 4.40. The van der Waals surface area contributed by atoms with Crippen LogP contribution in [0.25, 0.3) is 0 Å². The fourth-order valence-electron chi connectivity index (χ4n) is 1.76. The van der Waals surface area contributed by atoms with Crippen LogP contribution in [0.3, 0.4) is 0 Å². The van der Waals surface area contributed by atoms with E-state index in [1.54, 1.807) is 30.3 Å². The summed E-state index contributed by atoms with van der Waals surface area (Å²) in [6.07, 6.45) is -0.285. The number of nitrogens with two attached hydrogens (primary N) is 1. The molecule has 0 aliphatic heterocycles. The predicted molar refractivity (Wildman–Crippen MR) is 75.0 cm³/mol. The number of nitrogens with zero attached hydrogens (tertiary/aromatic N) is 1. The Balaban J connectivity index is 2.21. The fraction of sp³-hybridized carbons (Fsp3) is 0.133. The highest BCUT2D eigenvalue weighted by atomic mass is 35.5. The maximum atomic E-state index is 8.86. The summed E-state index contributed by atoms with van der Waals surface area (Å²) in [7, 11) is 0. The van der Waals surface area contributed by atoms with Gasteiger partial charge in [-0.1, -0.05) is 29.8 Å². The molecule has 96 valence electrons. The van der Waals surface area contributed by atoms with Crippen LogP contribution < -0.4 is 10.5 Å². The molecule has 0 aliphatic rings. The molecule has 1 unspecified atom stereocenters. The van der Waals surface area contributed by atoms with Gasteiger partial charge in [-0.15, -0.1) is 0 Å². The van der Waals surface area contributed by atoms with Crippen LogP contribution in [0.2, 0.25) is 5.02 Å². The molecular weight excluding hydrogens is 260 g/mol. The van der Waals surface area contributed by atoms with Gasteiger partial charge in [0.1, 0.15) is 11.9 Å². The largest absolute Gasteiger partial charge is 0.484 e. The van der Waals surface area contributed by atoms with Gasteiger partial charge in [0, 0.05) is 11.6 Å². The van der Waals surface area contributed by atoms with Crippen molar-refractivity contribution in [3.05, 3.63) is 64.7 Å². The minimum Gasteiger partial charge on any atom is -0.484 e. The minimum atomic E-state index is -0.285. The van der Waals surface area contributed by atoms with Gasteiger partial charge in [-0.3, -0.25) is 0 Å². The molecule has 0 aromatic heterocycles. The predicted octanol–water partition coefficient (Wildman–Crippen LogP) is 3.29. The van der Waals surface area contributed by atoms with Crippen molar-refractivity contribution < 1.29 is 4.74 Å². The van der Waals surface area contributed by atoms with Crippen LogP contribution in [0.5, 0.6) is 5.75 Å². The molecule has 2 aromatic rings. The first-order valence-corrected chi connectivity index (χ1v) is 6.23. The first-order valence-electron chi connectivity index (χ1n) is 5.85. The third-order valence-corrected chi connectivity index (χ3v) is 2.91. The second-order valence-corrected chi connectivity index (χ2v) is 4.47. The average molecular weight is 273 g/mol. The lowest BCUT2D eigenvalue weighted by molar-refractivity contribution is 0.214. The zero-order valence-corrected chi connectivity index (χ0v) is 11.0. The van der Waals surface area contributed by atoms with Gasteiger partial charge in [-0.05, 0) is 35.9 Å². The lowest BCUT2D eigenvalue weighted by Gasteiger charge is -2.18. The fourth-order valence-corrected chi connectivity index (χ4v) is 1.96. The Morgan fingerprint density at radius 2 is 2.00 bits per heavy atom. The lowest BCUT2D eigenvalue weighted by Crippen LogP contribution is -2.18. The molecule has 0 bridgehead atoms. The molecule has 0 radical (unpaired) electrons. The topological polar surface area (TPSA) is 59.0 Å². The van der Waals surface area contributed by atoms with Crippen LogP contribution in [0, 0.1) is 11.3 Å². The molecule has 2 rings (SSSR count). The molecule has 2 N–H and O–H groups in total. The number of hydrogen-bond donors (Lipinski definition) is 1. The zero-order valence-electron chi connectivity index (χ0n) is 10.2. The van der Waals surface area contributed by atoms with Gasteiger partial charge in [0.05, 0.1) is 11.6 Å². The van der Waals surface area contributed by atoms with Crippen molar-refractivity contribution in [3.8, 4) is 11.8 Å². The summed E-state index contributed by atoms with van der Waals surface area (Å²) in [5.74, 6) is 0.620. The molecule has 19 heavy (non-hydrogen) atoms. The summed E-state index contributed by atoms with van der Waals surface area (Å²) in [5, 5.41) is 9.50. The highest BCUT2D eigenvalue weighted by Crippen LogP contribution is 2.24. The van der Waals surface area contributed by atoms with Crippen LogP contribution in [-0.2, 0) is 0 Å². The van der Waals surface area contributed by atoms with Gasteiger partial charge in [-0.2, -0.15) is 5.26 Å². The van der Waals surface area contributed by atoms with E-state index in [2.05, 4.69) is 6.07 Å². The number of rotatable bonds is 4. The van der Waals surface area contributed by atoms with E-state index in [0.29, 0.717) is 22.9 Å². The highest BCUT2D eigenvalue weighted by Gasteiger charge is 2.12. The summed E-state index contributed by atoms with van der Waals surface area (Å²) >= 11 is 5.96. The average Bonchev–Trinajstić information content (AvgIpc) is 2.45. The smallest absolute Gasteiger partial charge is 0.136 e. The van der Waals surface area contributed by atoms with Crippen molar-refractivity contribution in [1.82, 2.24) is 0 Å². The van der Waals surface area contributed by atoms with Crippen molar-refractivity contribution in [1.29, 1.82) is 5.26 Å². The summed E-state index contributed by atoms with van der Waals surface area (Å²) in [5.41, 5.74) is 7.21. The number of halogens is 1. The first-order chi connectivity index (χ1) is 9.22. The van der Waals surface area contributed by atoms with Gasteiger partial charge in [-0.25, -0.2) is 0 Å². The highest BCUT2D eigenvalue weighted by molar-refractivity contribution is 6.30. The molecular formula is C15H13ClN2O. The summed E-state index contributed by atoms with van der Waals surface area (Å²) in [4.78, 5) is 0. The van der Waals surface area contributed by atoms with Crippen molar-refractivity contribution in [2.24, 2.45) is 5.73 Å². The summed E-state index contributed by atoms with van der Waals surface area (Å²) in [6, 6.07) is 16.5. The Labute approximate surface area is 117 Å². The first kappa shape index (κ1) is 13.4. The normalized spacial score (nSPS) is 11.6. The third-order valence-electron chi connectivity index (χ3n) is 2.68. The Morgan fingerprint density at radius 3 is 2.68 bits per heavy atom. The van der Waals surface area contributed by atoms with Crippen molar-refractivity contribution in [3.63, 3.8) is 0 Å². The van der Waals surface area contributed by atoms with Crippen LogP contribution in [-0.4, -0.2) is 6.54 Å². The number of hydrogen-bond acceptors (Lipinski definition) is 3. The van der Waals surface area contributed by atoms with Gasteiger partial charge in [0.2, 0.25) is 0 Å². The van der Waals surface area contributed by atoms with E-state index in [1.165, 1.54) is 0 Å². The van der Waals surface area contributed by atoms with Gasteiger partial charge < -0.3 is 10.5 Å². The Hall–Kier alpha value is -2.02. The molecule has 4 heteroatoms. The molecule has 0 heterocycles. The van der Waals surface area contributed by atoms with Gasteiger partial charge >= 0.3 is 0 Å². The third kappa shape index (κ3) is 3.47. The Bertz CT molecular complexity index is 607. The summed E-state index contributed by atoms with van der Waals surface area (Å²) < 4.78 is 5.81.